The van der Waals surface area contributed by atoms with Gasteiger partial charge in [0.1, 0.15) is 5.52 Å². The molecule has 1 heterocycles. The number of aromatic nitrogens is 3. The van der Waals surface area contributed by atoms with Crippen LogP contribution in [0.5, 0.6) is 0 Å². The summed E-state index contributed by atoms with van der Waals surface area (Å²) in [6.45, 7) is 0.0143. The number of benzene rings is 2. The highest BCUT2D eigenvalue weighted by Crippen LogP contribution is 2.25. The van der Waals surface area contributed by atoms with Gasteiger partial charge in [-0.05, 0) is 30.2 Å². The third-order valence-corrected chi connectivity index (χ3v) is 4.23. The molecule has 1 unspecified atom stereocenters. The van der Waals surface area contributed by atoms with Crippen molar-refractivity contribution in [3.8, 4) is 0 Å². The van der Waals surface area contributed by atoms with Crippen LogP contribution in [-0.4, -0.2) is 44.6 Å². The molecule has 1 aromatic heterocycles. The number of hydrogen-bond donors (Lipinski definition) is 1. The minimum Gasteiger partial charge on any atom is -0.396 e. The van der Waals surface area contributed by atoms with Gasteiger partial charge in [0, 0.05) is 26.3 Å². The molecule has 24 heavy (non-hydrogen) atoms. The van der Waals surface area contributed by atoms with Crippen LogP contribution in [0.2, 0.25) is 0 Å². The Morgan fingerprint density at radius 3 is 2.71 bits per heavy atom. The van der Waals surface area contributed by atoms with Crippen LogP contribution in [0.4, 0.5) is 0 Å². The Morgan fingerprint density at radius 1 is 1.25 bits per heavy atom. The third kappa shape index (κ3) is 3.00. The molecule has 1 amide bonds. The second-order valence-electron chi connectivity index (χ2n) is 5.77. The molecule has 1 atom stereocenters. The first-order chi connectivity index (χ1) is 11.6. The van der Waals surface area contributed by atoms with Crippen molar-refractivity contribution in [3.63, 3.8) is 0 Å². The molecule has 3 aromatic rings. The zero-order valence-electron chi connectivity index (χ0n) is 13.8. The number of amides is 1. The van der Waals surface area contributed by atoms with Gasteiger partial charge in [-0.2, -0.15) is 0 Å². The molecular formula is C18H20N4O2. The van der Waals surface area contributed by atoms with E-state index >= 15 is 0 Å². The lowest BCUT2D eigenvalue weighted by molar-refractivity contribution is 0.0705. The van der Waals surface area contributed by atoms with Gasteiger partial charge in [-0.3, -0.25) is 4.79 Å². The maximum Gasteiger partial charge on any atom is 0.254 e. The van der Waals surface area contributed by atoms with Gasteiger partial charge < -0.3 is 10.0 Å². The molecule has 124 valence electrons. The van der Waals surface area contributed by atoms with Crippen molar-refractivity contribution in [2.45, 2.75) is 12.5 Å². The topological polar surface area (TPSA) is 71.2 Å². The second kappa shape index (κ2) is 6.80. The molecule has 0 saturated carbocycles. The SMILES string of the molecule is CN(C(=O)c1ccc2c(c1)nnn2C)C(CCO)c1ccccc1. The summed E-state index contributed by atoms with van der Waals surface area (Å²) in [7, 11) is 3.58. The van der Waals surface area contributed by atoms with Crippen LogP contribution in [0.1, 0.15) is 28.4 Å². The molecule has 3 rings (SSSR count). The van der Waals surface area contributed by atoms with Crippen LogP contribution in [0, 0.1) is 0 Å². The molecule has 0 radical (unpaired) electrons. The molecule has 6 heteroatoms. The molecular weight excluding hydrogens is 304 g/mol. The fourth-order valence-electron chi connectivity index (χ4n) is 2.90. The van der Waals surface area contributed by atoms with Gasteiger partial charge in [0.15, 0.2) is 0 Å². The lowest BCUT2D eigenvalue weighted by Crippen LogP contribution is -2.31. The summed E-state index contributed by atoms with van der Waals surface area (Å²) >= 11 is 0. The van der Waals surface area contributed by atoms with E-state index in [9.17, 15) is 9.90 Å². The Hall–Kier alpha value is -2.73. The Labute approximate surface area is 140 Å². The van der Waals surface area contributed by atoms with Crippen molar-refractivity contribution >= 4 is 16.9 Å². The highest BCUT2D eigenvalue weighted by atomic mass is 16.3. The summed E-state index contributed by atoms with van der Waals surface area (Å²) < 4.78 is 1.67. The number of aryl methyl sites for hydroxylation is 1. The van der Waals surface area contributed by atoms with E-state index in [1.807, 2.05) is 43.4 Å². The monoisotopic (exact) mass is 324 g/mol. The maximum atomic E-state index is 12.9. The second-order valence-corrected chi connectivity index (χ2v) is 5.77. The van der Waals surface area contributed by atoms with Crippen molar-refractivity contribution in [2.24, 2.45) is 7.05 Å². The molecule has 6 nitrogen and oxygen atoms in total. The summed E-state index contributed by atoms with van der Waals surface area (Å²) in [5, 5.41) is 17.4. The van der Waals surface area contributed by atoms with Crippen LogP contribution in [-0.2, 0) is 7.05 Å². The van der Waals surface area contributed by atoms with Crippen LogP contribution >= 0.6 is 0 Å². The lowest BCUT2D eigenvalue weighted by atomic mass is 10.0. The summed E-state index contributed by atoms with van der Waals surface area (Å²) in [5.41, 5.74) is 3.13. The van der Waals surface area contributed by atoms with Gasteiger partial charge >= 0.3 is 0 Å². The molecule has 0 aliphatic carbocycles. The van der Waals surface area contributed by atoms with E-state index in [4.69, 9.17) is 0 Å². The van der Waals surface area contributed by atoms with Gasteiger partial charge in [0.25, 0.3) is 5.91 Å². The maximum absolute atomic E-state index is 12.9. The van der Waals surface area contributed by atoms with Crippen molar-refractivity contribution in [3.05, 3.63) is 59.7 Å². The number of rotatable bonds is 5. The third-order valence-electron chi connectivity index (χ3n) is 4.23. The normalized spacial score (nSPS) is 12.3. The van der Waals surface area contributed by atoms with Crippen molar-refractivity contribution in [1.29, 1.82) is 0 Å². The van der Waals surface area contributed by atoms with Gasteiger partial charge in [0.2, 0.25) is 0 Å². The van der Waals surface area contributed by atoms with E-state index in [2.05, 4.69) is 10.3 Å². The number of nitrogens with zero attached hydrogens (tertiary/aromatic N) is 4. The molecule has 0 saturated heterocycles. The first-order valence-corrected chi connectivity index (χ1v) is 7.84. The van der Waals surface area contributed by atoms with E-state index in [1.54, 1.807) is 28.8 Å². The number of fused-ring (bicyclic) bond motifs is 1. The highest BCUT2D eigenvalue weighted by molar-refractivity contribution is 5.97. The quantitative estimate of drug-likeness (QED) is 0.781. The van der Waals surface area contributed by atoms with Gasteiger partial charge in [-0.15, -0.1) is 5.10 Å². The fourth-order valence-corrected chi connectivity index (χ4v) is 2.90. The van der Waals surface area contributed by atoms with Gasteiger partial charge in [0.05, 0.1) is 11.6 Å². The molecule has 0 fully saturated rings. The molecule has 2 aromatic carbocycles. The van der Waals surface area contributed by atoms with E-state index in [-0.39, 0.29) is 18.6 Å². The summed E-state index contributed by atoms with van der Waals surface area (Å²) in [6.07, 6.45) is 0.486. The predicted molar refractivity (Wildman–Crippen MR) is 91.5 cm³/mol. The summed E-state index contributed by atoms with van der Waals surface area (Å²) in [5.74, 6) is -0.107. The fraction of sp³-hybridized carbons (Fsp3) is 0.278. The summed E-state index contributed by atoms with van der Waals surface area (Å²) in [6, 6.07) is 14.9. The smallest absolute Gasteiger partial charge is 0.254 e. The minimum atomic E-state index is -0.179. The van der Waals surface area contributed by atoms with Crippen LogP contribution in [0.15, 0.2) is 48.5 Å². The Balaban J connectivity index is 1.90. The van der Waals surface area contributed by atoms with Crippen LogP contribution < -0.4 is 0 Å². The van der Waals surface area contributed by atoms with Crippen LogP contribution in [0.3, 0.4) is 0 Å². The number of aliphatic hydroxyl groups is 1. The van der Waals surface area contributed by atoms with E-state index in [1.165, 1.54) is 0 Å². The zero-order valence-corrected chi connectivity index (χ0v) is 13.8. The lowest BCUT2D eigenvalue weighted by Gasteiger charge is -2.28. The van der Waals surface area contributed by atoms with Crippen molar-refractivity contribution in [1.82, 2.24) is 19.9 Å². The Bertz CT molecular complexity index is 845. The number of hydrogen-bond acceptors (Lipinski definition) is 4. The number of carbonyl (C=O) groups excluding carboxylic acids is 1. The van der Waals surface area contributed by atoms with E-state index < -0.39 is 0 Å². The van der Waals surface area contributed by atoms with E-state index in [0.717, 1.165) is 11.1 Å². The largest absolute Gasteiger partial charge is 0.396 e. The first kappa shape index (κ1) is 16.1. The van der Waals surface area contributed by atoms with Gasteiger partial charge in [-0.1, -0.05) is 35.5 Å². The predicted octanol–water partition coefficient (Wildman–Crippen LogP) is 2.16. The molecule has 0 aliphatic rings. The molecule has 0 aliphatic heterocycles. The van der Waals surface area contributed by atoms with Gasteiger partial charge in [-0.25, -0.2) is 4.68 Å². The Kier molecular flexibility index (Phi) is 4.57. The molecule has 1 N–H and O–H groups in total. The zero-order chi connectivity index (χ0) is 17.1. The average Bonchev–Trinajstić information content (AvgIpc) is 2.99. The number of aliphatic hydroxyl groups excluding tert-OH is 1. The first-order valence-electron chi connectivity index (χ1n) is 7.84. The highest BCUT2D eigenvalue weighted by Gasteiger charge is 2.22. The van der Waals surface area contributed by atoms with E-state index in [0.29, 0.717) is 17.5 Å². The molecule has 0 bridgehead atoms. The molecule has 0 spiro atoms. The van der Waals surface area contributed by atoms with Crippen molar-refractivity contribution in [2.75, 3.05) is 13.7 Å². The average molecular weight is 324 g/mol. The van der Waals surface area contributed by atoms with Crippen LogP contribution in [0.25, 0.3) is 11.0 Å². The number of carbonyl (C=O) groups is 1. The minimum absolute atomic E-state index is 0.0143. The standard InChI is InChI=1S/C18H20N4O2/c1-21(16(10-11-23)13-6-4-3-5-7-13)18(24)14-8-9-17-15(12-14)19-20-22(17)2/h3-9,12,16,23H,10-11H2,1-2H3. The Morgan fingerprint density at radius 2 is 2.00 bits per heavy atom. The summed E-state index contributed by atoms with van der Waals surface area (Å²) in [4.78, 5) is 14.5. The van der Waals surface area contributed by atoms with Crippen molar-refractivity contribution < 1.29 is 9.90 Å².